The summed E-state index contributed by atoms with van der Waals surface area (Å²) < 4.78 is 20.2. The highest BCUT2D eigenvalue weighted by molar-refractivity contribution is 5.42. The topological polar surface area (TPSA) is 47.3 Å². The average molecular weight is 312 g/mol. The van der Waals surface area contributed by atoms with E-state index in [1.165, 1.54) is 12.1 Å². The number of benzene rings is 2. The molecule has 1 aromatic heterocycles. The van der Waals surface area contributed by atoms with Crippen molar-refractivity contribution >= 4 is 0 Å². The predicted octanol–water partition coefficient (Wildman–Crippen LogP) is 2.91. The maximum atomic E-state index is 13.3. The van der Waals surface area contributed by atoms with Crippen LogP contribution in [0.15, 0.2) is 67.0 Å². The lowest BCUT2D eigenvalue weighted by molar-refractivity contribution is 0.0845. The number of aliphatic hydroxyl groups is 1. The van der Waals surface area contributed by atoms with Crippen molar-refractivity contribution in [1.29, 1.82) is 0 Å². The SMILES string of the molecule is COCn1ccnc1[C@](O)(c1ccccc1)c1ccc(F)cc1. The van der Waals surface area contributed by atoms with Crippen LogP contribution in [0.2, 0.25) is 0 Å². The zero-order chi connectivity index (χ0) is 16.3. The second-order valence-corrected chi connectivity index (χ2v) is 5.22. The molecule has 3 aromatic rings. The summed E-state index contributed by atoms with van der Waals surface area (Å²) in [7, 11) is 1.57. The van der Waals surface area contributed by atoms with Crippen LogP contribution in [-0.2, 0) is 17.1 Å². The van der Waals surface area contributed by atoms with Gasteiger partial charge >= 0.3 is 0 Å². The highest BCUT2D eigenvalue weighted by Gasteiger charge is 2.37. The number of hydrogen-bond acceptors (Lipinski definition) is 3. The molecule has 0 aliphatic heterocycles. The Kier molecular flexibility index (Phi) is 4.23. The fourth-order valence-electron chi connectivity index (χ4n) is 2.67. The number of ether oxygens (including phenoxy) is 1. The number of hydrogen-bond donors (Lipinski definition) is 1. The number of aromatic nitrogens is 2. The van der Waals surface area contributed by atoms with Crippen molar-refractivity contribution in [3.8, 4) is 0 Å². The van der Waals surface area contributed by atoms with Crippen molar-refractivity contribution in [2.75, 3.05) is 7.11 Å². The summed E-state index contributed by atoms with van der Waals surface area (Å²) in [6.07, 6.45) is 3.34. The Morgan fingerprint density at radius 1 is 1.09 bits per heavy atom. The smallest absolute Gasteiger partial charge is 0.173 e. The Balaban J connectivity index is 2.21. The first-order valence-electron chi connectivity index (χ1n) is 7.20. The third kappa shape index (κ3) is 2.76. The molecule has 3 rings (SSSR count). The van der Waals surface area contributed by atoms with Gasteiger partial charge in [0.25, 0.3) is 0 Å². The largest absolute Gasteiger partial charge is 0.373 e. The van der Waals surface area contributed by atoms with Crippen LogP contribution < -0.4 is 0 Å². The zero-order valence-corrected chi connectivity index (χ0v) is 12.7. The molecule has 0 radical (unpaired) electrons. The van der Waals surface area contributed by atoms with Crippen LogP contribution in [0.25, 0.3) is 0 Å². The van der Waals surface area contributed by atoms with Crippen LogP contribution in [0, 0.1) is 5.82 Å². The van der Waals surface area contributed by atoms with E-state index >= 15 is 0 Å². The maximum absolute atomic E-state index is 13.3. The minimum absolute atomic E-state index is 0.256. The van der Waals surface area contributed by atoms with Crippen molar-refractivity contribution in [2.24, 2.45) is 0 Å². The van der Waals surface area contributed by atoms with Gasteiger partial charge in [0.05, 0.1) is 0 Å². The van der Waals surface area contributed by atoms with Crippen LogP contribution in [-0.4, -0.2) is 21.8 Å². The van der Waals surface area contributed by atoms with Gasteiger partial charge < -0.3 is 14.4 Å². The molecular weight excluding hydrogens is 295 g/mol. The standard InChI is InChI=1S/C18H17FN2O2/c1-23-13-21-12-11-20-17(21)18(22,14-5-3-2-4-6-14)15-7-9-16(19)10-8-15/h2-12,22H,13H2,1H3/t18-/m0/s1. The Bertz CT molecular complexity index is 771. The maximum Gasteiger partial charge on any atom is 0.173 e. The molecule has 0 bridgehead atoms. The molecule has 4 nitrogen and oxygen atoms in total. The van der Waals surface area contributed by atoms with Gasteiger partial charge in [-0.3, -0.25) is 0 Å². The summed E-state index contributed by atoms with van der Waals surface area (Å²) in [5.74, 6) is 0.0570. The first-order chi connectivity index (χ1) is 11.2. The van der Waals surface area contributed by atoms with Gasteiger partial charge in [-0.1, -0.05) is 42.5 Å². The van der Waals surface area contributed by atoms with Crippen LogP contribution in [0.3, 0.4) is 0 Å². The quantitative estimate of drug-likeness (QED) is 0.788. The average Bonchev–Trinajstić information content (AvgIpc) is 3.05. The van der Waals surface area contributed by atoms with Crippen LogP contribution in [0.5, 0.6) is 0 Å². The van der Waals surface area contributed by atoms with E-state index in [1.54, 1.807) is 36.2 Å². The second kappa shape index (κ2) is 6.32. The molecule has 1 atom stereocenters. The highest BCUT2D eigenvalue weighted by atomic mass is 19.1. The number of halogens is 1. The third-order valence-electron chi connectivity index (χ3n) is 3.76. The molecule has 0 aliphatic carbocycles. The molecule has 0 aliphatic rings. The Morgan fingerprint density at radius 2 is 1.74 bits per heavy atom. The number of methoxy groups -OCH3 is 1. The number of rotatable bonds is 5. The minimum Gasteiger partial charge on any atom is -0.373 e. The third-order valence-corrected chi connectivity index (χ3v) is 3.76. The van der Waals surface area contributed by atoms with Gasteiger partial charge in [0.1, 0.15) is 12.5 Å². The van der Waals surface area contributed by atoms with Gasteiger partial charge in [-0.25, -0.2) is 9.37 Å². The normalized spacial score (nSPS) is 13.7. The Hall–Kier alpha value is -2.50. The second-order valence-electron chi connectivity index (χ2n) is 5.22. The molecule has 0 unspecified atom stereocenters. The van der Waals surface area contributed by atoms with E-state index in [-0.39, 0.29) is 12.5 Å². The van der Waals surface area contributed by atoms with E-state index < -0.39 is 5.60 Å². The number of imidazole rings is 1. The molecule has 23 heavy (non-hydrogen) atoms. The molecular formula is C18H17FN2O2. The predicted molar refractivity (Wildman–Crippen MR) is 84.2 cm³/mol. The fraction of sp³-hybridized carbons (Fsp3) is 0.167. The summed E-state index contributed by atoms with van der Waals surface area (Å²) in [5.41, 5.74) is -0.319. The van der Waals surface area contributed by atoms with Gasteiger partial charge in [-0.2, -0.15) is 0 Å². The van der Waals surface area contributed by atoms with Crippen molar-refractivity contribution in [1.82, 2.24) is 9.55 Å². The molecule has 2 aromatic carbocycles. The summed E-state index contributed by atoms with van der Waals surface area (Å²) in [6.45, 7) is 0.256. The lowest BCUT2D eigenvalue weighted by Crippen LogP contribution is -2.33. The van der Waals surface area contributed by atoms with Gasteiger partial charge in [-0.15, -0.1) is 0 Å². The summed E-state index contributed by atoms with van der Waals surface area (Å²) in [5, 5.41) is 11.6. The monoisotopic (exact) mass is 312 g/mol. The molecule has 0 saturated heterocycles. The van der Waals surface area contributed by atoms with E-state index in [2.05, 4.69) is 4.98 Å². The van der Waals surface area contributed by atoms with Gasteiger partial charge in [0.15, 0.2) is 11.4 Å². The first-order valence-corrected chi connectivity index (χ1v) is 7.20. The molecule has 1 N–H and O–H groups in total. The van der Waals surface area contributed by atoms with Crippen LogP contribution in [0.4, 0.5) is 4.39 Å². The van der Waals surface area contributed by atoms with E-state index in [4.69, 9.17) is 4.74 Å². The molecule has 0 spiro atoms. The van der Waals surface area contributed by atoms with Crippen LogP contribution in [0.1, 0.15) is 17.0 Å². The molecule has 0 saturated carbocycles. The van der Waals surface area contributed by atoms with E-state index in [1.807, 2.05) is 30.3 Å². The van der Waals surface area contributed by atoms with Gasteiger partial charge in [-0.05, 0) is 23.3 Å². The fourth-order valence-corrected chi connectivity index (χ4v) is 2.67. The summed E-state index contributed by atoms with van der Waals surface area (Å²) >= 11 is 0. The Morgan fingerprint density at radius 3 is 2.39 bits per heavy atom. The summed E-state index contributed by atoms with van der Waals surface area (Å²) in [4.78, 5) is 4.32. The van der Waals surface area contributed by atoms with Crippen LogP contribution >= 0.6 is 0 Å². The van der Waals surface area contributed by atoms with Crippen molar-refractivity contribution < 1.29 is 14.2 Å². The van der Waals surface area contributed by atoms with Crippen molar-refractivity contribution in [3.63, 3.8) is 0 Å². The molecule has 0 amide bonds. The molecule has 0 fully saturated rings. The number of nitrogens with zero attached hydrogens (tertiary/aromatic N) is 2. The van der Waals surface area contributed by atoms with E-state index in [0.717, 1.165) is 0 Å². The molecule has 5 heteroatoms. The van der Waals surface area contributed by atoms with Crippen molar-refractivity contribution in [3.05, 3.63) is 89.8 Å². The lowest BCUT2D eigenvalue weighted by atomic mass is 9.85. The van der Waals surface area contributed by atoms with Gasteiger partial charge in [0.2, 0.25) is 0 Å². The lowest BCUT2D eigenvalue weighted by Gasteiger charge is -2.29. The minimum atomic E-state index is -1.50. The first kappa shape index (κ1) is 15.4. The molecule has 1 heterocycles. The highest BCUT2D eigenvalue weighted by Crippen LogP contribution is 2.35. The van der Waals surface area contributed by atoms with Crippen molar-refractivity contribution in [2.45, 2.75) is 12.3 Å². The summed E-state index contributed by atoms with van der Waals surface area (Å²) in [6, 6.07) is 15.0. The van der Waals surface area contributed by atoms with E-state index in [0.29, 0.717) is 17.0 Å². The molecule has 118 valence electrons. The van der Waals surface area contributed by atoms with Gasteiger partial charge in [0, 0.05) is 19.5 Å². The van der Waals surface area contributed by atoms with E-state index in [9.17, 15) is 9.50 Å². The Labute approximate surface area is 133 Å². The zero-order valence-electron chi connectivity index (χ0n) is 12.7.